The van der Waals surface area contributed by atoms with E-state index in [1.54, 1.807) is 11.4 Å². The topological polar surface area (TPSA) is 87.3 Å². The zero-order valence-electron chi connectivity index (χ0n) is 16.3. The number of benzene rings is 1. The van der Waals surface area contributed by atoms with Crippen molar-refractivity contribution < 1.29 is 14.4 Å². The first kappa shape index (κ1) is 21.6. The zero-order chi connectivity index (χ0) is 20.4. The van der Waals surface area contributed by atoms with Crippen LogP contribution in [0, 0.1) is 5.92 Å². The van der Waals surface area contributed by atoms with E-state index < -0.39 is 0 Å². The molecule has 0 aliphatic heterocycles. The molecule has 0 unspecified atom stereocenters. The predicted octanol–water partition coefficient (Wildman–Crippen LogP) is 3.56. The lowest BCUT2D eigenvalue weighted by molar-refractivity contribution is -0.121. The smallest absolute Gasteiger partial charge is 0.252 e. The van der Waals surface area contributed by atoms with Crippen LogP contribution in [0.3, 0.4) is 0 Å². The van der Waals surface area contributed by atoms with E-state index in [9.17, 15) is 14.4 Å². The molecule has 6 nitrogen and oxygen atoms in total. The molecule has 0 saturated carbocycles. The van der Waals surface area contributed by atoms with E-state index in [2.05, 4.69) is 16.0 Å². The summed E-state index contributed by atoms with van der Waals surface area (Å²) < 4.78 is 0. The Hall–Kier alpha value is -2.67. The maximum Gasteiger partial charge on any atom is 0.252 e. The van der Waals surface area contributed by atoms with E-state index in [0.717, 1.165) is 11.3 Å². The van der Waals surface area contributed by atoms with Crippen molar-refractivity contribution in [2.75, 3.05) is 11.9 Å². The molecular weight excluding hydrogens is 374 g/mol. The molecule has 3 N–H and O–H groups in total. The van der Waals surface area contributed by atoms with Crippen LogP contribution in [0.15, 0.2) is 41.1 Å². The number of carbonyl (C=O) groups excluding carboxylic acids is 3. The number of amides is 3. The molecule has 0 saturated heterocycles. The Morgan fingerprint density at radius 3 is 2.61 bits per heavy atom. The molecule has 7 heteroatoms. The molecular formula is C21H27N3O3S. The highest BCUT2D eigenvalue weighted by molar-refractivity contribution is 7.08. The van der Waals surface area contributed by atoms with E-state index in [1.807, 2.05) is 43.5 Å². The minimum Gasteiger partial charge on any atom is -0.352 e. The second kappa shape index (κ2) is 11.2. The third-order valence-corrected chi connectivity index (χ3v) is 4.63. The van der Waals surface area contributed by atoms with Gasteiger partial charge < -0.3 is 16.0 Å². The van der Waals surface area contributed by atoms with Crippen molar-refractivity contribution in [2.45, 2.75) is 39.7 Å². The summed E-state index contributed by atoms with van der Waals surface area (Å²) >= 11 is 1.47. The van der Waals surface area contributed by atoms with Crippen LogP contribution in [-0.2, 0) is 16.1 Å². The van der Waals surface area contributed by atoms with Gasteiger partial charge in [-0.1, -0.05) is 26.0 Å². The zero-order valence-corrected chi connectivity index (χ0v) is 17.1. The van der Waals surface area contributed by atoms with E-state index in [1.165, 1.54) is 11.3 Å². The normalized spacial score (nSPS) is 10.5. The number of thiophene rings is 1. The summed E-state index contributed by atoms with van der Waals surface area (Å²) in [7, 11) is 0. The maximum absolute atomic E-state index is 12.0. The van der Waals surface area contributed by atoms with Crippen molar-refractivity contribution in [3.8, 4) is 0 Å². The fraction of sp³-hybridized carbons (Fsp3) is 0.381. The molecule has 1 heterocycles. The van der Waals surface area contributed by atoms with E-state index in [-0.39, 0.29) is 17.7 Å². The van der Waals surface area contributed by atoms with Gasteiger partial charge in [-0.15, -0.1) is 0 Å². The minimum atomic E-state index is -0.113. The molecule has 2 aromatic rings. The molecule has 0 fully saturated rings. The molecule has 2 rings (SSSR count). The highest BCUT2D eigenvalue weighted by Gasteiger charge is 2.07. The van der Waals surface area contributed by atoms with Crippen LogP contribution in [0.25, 0.3) is 0 Å². The highest BCUT2D eigenvalue weighted by atomic mass is 32.1. The lowest BCUT2D eigenvalue weighted by atomic mass is 10.1. The molecule has 150 valence electrons. The maximum atomic E-state index is 12.0. The van der Waals surface area contributed by atoms with Gasteiger partial charge in [0.15, 0.2) is 0 Å². The van der Waals surface area contributed by atoms with Gasteiger partial charge >= 0.3 is 0 Å². The highest BCUT2D eigenvalue weighted by Crippen LogP contribution is 2.12. The summed E-state index contributed by atoms with van der Waals surface area (Å²) in [6, 6.07) is 9.22. The fourth-order valence-corrected chi connectivity index (χ4v) is 3.21. The van der Waals surface area contributed by atoms with Crippen LogP contribution in [0.4, 0.5) is 5.69 Å². The van der Waals surface area contributed by atoms with Crippen LogP contribution >= 0.6 is 11.3 Å². The number of rotatable bonds is 10. The van der Waals surface area contributed by atoms with Gasteiger partial charge in [0.1, 0.15) is 0 Å². The van der Waals surface area contributed by atoms with Gasteiger partial charge in [-0.3, -0.25) is 14.4 Å². The van der Waals surface area contributed by atoms with Gasteiger partial charge in [0.2, 0.25) is 11.8 Å². The second-order valence-electron chi connectivity index (χ2n) is 6.99. The summed E-state index contributed by atoms with van der Waals surface area (Å²) in [5, 5.41) is 12.2. The lowest BCUT2D eigenvalue weighted by Gasteiger charge is -2.10. The number of hydrogen-bond donors (Lipinski definition) is 3. The van der Waals surface area contributed by atoms with Crippen LogP contribution in [0.5, 0.6) is 0 Å². The van der Waals surface area contributed by atoms with E-state index >= 15 is 0 Å². The first-order valence-corrected chi connectivity index (χ1v) is 10.3. The van der Waals surface area contributed by atoms with Crippen molar-refractivity contribution in [1.82, 2.24) is 10.6 Å². The first-order valence-electron chi connectivity index (χ1n) is 9.40. The minimum absolute atomic E-state index is 0.0133. The lowest BCUT2D eigenvalue weighted by Crippen LogP contribution is -2.27. The molecule has 0 radical (unpaired) electrons. The standard InChI is InChI=1S/C21H27N3O3S/c1-15(2)11-20(26)24-18-6-3-5-16(12-18)13-23-19(25)7-4-9-22-21(27)17-8-10-28-14-17/h3,5-6,8,10,12,14-15H,4,7,9,11,13H2,1-2H3,(H,22,27)(H,23,25)(H,24,26). The van der Waals surface area contributed by atoms with Crippen LogP contribution in [-0.4, -0.2) is 24.3 Å². The molecule has 3 amide bonds. The van der Waals surface area contributed by atoms with E-state index in [0.29, 0.717) is 43.8 Å². The molecule has 0 bridgehead atoms. The second-order valence-corrected chi connectivity index (χ2v) is 7.77. The quantitative estimate of drug-likeness (QED) is 0.532. The van der Waals surface area contributed by atoms with E-state index in [4.69, 9.17) is 0 Å². The van der Waals surface area contributed by atoms with Crippen molar-refractivity contribution in [1.29, 1.82) is 0 Å². The monoisotopic (exact) mass is 401 g/mol. The molecule has 0 aliphatic rings. The fourth-order valence-electron chi connectivity index (χ4n) is 2.58. The summed E-state index contributed by atoms with van der Waals surface area (Å²) in [5.74, 6) is 0.107. The van der Waals surface area contributed by atoms with Crippen LogP contribution in [0.1, 0.15) is 49.0 Å². The van der Waals surface area contributed by atoms with Crippen LogP contribution < -0.4 is 16.0 Å². The van der Waals surface area contributed by atoms with Gasteiger partial charge in [0.25, 0.3) is 5.91 Å². The first-order chi connectivity index (χ1) is 13.4. The summed E-state index contributed by atoms with van der Waals surface area (Å²) in [6.07, 6.45) is 1.39. The Morgan fingerprint density at radius 2 is 1.89 bits per heavy atom. The largest absolute Gasteiger partial charge is 0.352 e. The molecule has 0 atom stereocenters. The van der Waals surface area contributed by atoms with Gasteiger partial charge in [-0.2, -0.15) is 11.3 Å². The SMILES string of the molecule is CC(C)CC(=O)Nc1cccc(CNC(=O)CCCNC(=O)c2ccsc2)c1. The Bertz CT molecular complexity index is 788. The Labute approximate surface area is 169 Å². The number of carbonyl (C=O) groups is 3. The van der Waals surface area contributed by atoms with Crippen LogP contribution in [0.2, 0.25) is 0 Å². The molecule has 28 heavy (non-hydrogen) atoms. The predicted molar refractivity (Wildman–Crippen MR) is 112 cm³/mol. The van der Waals surface area contributed by atoms with Crippen molar-refractivity contribution >= 4 is 34.7 Å². The summed E-state index contributed by atoms with van der Waals surface area (Å²) in [4.78, 5) is 35.6. The molecule has 1 aromatic carbocycles. The van der Waals surface area contributed by atoms with Gasteiger partial charge in [-0.05, 0) is 41.5 Å². The Kier molecular flexibility index (Phi) is 8.68. The van der Waals surface area contributed by atoms with Gasteiger partial charge in [0, 0.05) is 42.6 Å². The third-order valence-electron chi connectivity index (χ3n) is 3.94. The molecule has 0 spiro atoms. The Morgan fingerprint density at radius 1 is 1.07 bits per heavy atom. The summed E-state index contributed by atoms with van der Waals surface area (Å²) in [6.45, 7) is 4.85. The van der Waals surface area contributed by atoms with Crippen molar-refractivity contribution in [3.05, 3.63) is 52.2 Å². The average molecular weight is 402 g/mol. The van der Waals surface area contributed by atoms with Gasteiger partial charge in [0.05, 0.1) is 0 Å². The number of nitrogens with one attached hydrogen (secondary N) is 3. The van der Waals surface area contributed by atoms with Crippen molar-refractivity contribution in [3.63, 3.8) is 0 Å². The molecule has 0 aliphatic carbocycles. The van der Waals surface area contributed by atoms with Crippen molar-refractivity contribution in [2.24, 2.45) is 5.92 Å². The average Bonchev–Trinajstić information content (AvgIpc) is 3.18. The Balaban J connectivity index is 1.67. The van der Waals surface area contributed by atoms with Gasteiger partial charge in [-0.25, -0.2) is 0 Å². The molecule has 1 aromatic heterocycles. The number of anilines is 1. The number of hydrogen-bond acceptors (Lipinski definition) is 4. The summed E-state index contributed by atoms with van der Waals surface area (Å²) in [5.41, 5.74) is 2.30. The third kappa shape index (κ3) is 7.92.